The lowest BCUT2D eigenvalue weighted by Crippen LogP contribution is -2.31. The summed E-state index contributed by atoms with van der Waals surface area (Å²) in [6, 6.07) is 8.70. The van der Waals surface area contributed by atoms with Gasteiger partial charge in [0.2, 0.25) is 0 Å². The average Bonchev–Trinajstić information content (AvgIpc) is 2.70. The molecule has 3 N–H and O–H groups in total. The second-order valence-corrected chi connectivity index (χ2v) is 5.18. The first kappa shape index (κ1) is 13.8. The predicted octanol–water partition coefficient (Wildman–Crippen LogP) is 2.09. The highest BCUT2D eigenvalue weighted by atomic mass is 15.3. The SMILES string of the molecule is Cc1cc(C(Cc2ccc(C)c(C)c2)NN)n(C)n1. The first-order valence-electron chi connectivity index (χ1n) is 6.54. The van der Waals surface area contributed by atoms with Crippen molar-refractivity contribution in [1.29, 1.82) is 0 Å². The molecule has 2 rings (SSSR count). The van der Waals surface area contributed by atoms with Crippen LogP contribution in [0.3, 0.4) is 0 Å². The molecule has 0 aliphatic carbocycles. The minimum atomic E-state index is 0.0771. The van der Waals surface area contributed by atoms with Crippen molar-refractivity contribution in [3.63, 3.8) is 0 Å². The second kappa shape index (κ2) is 5.55. The van der Waals surface area contributed by atoms with Crippen LogP contribution in [0, 0.1) is 20.8 Å². The molecule has 0 radical (unpaired) electrons. The standard InChI is InChI=1S/C15H22N4/c1-10-5-6-13(7-11(10)2)9-14(17-16)15-8-12(3)18-19(15)4/h5-8,14,17H,9,16H2,1-4H3. The van der Waals surface area contributed by atoms with Gasteiger partial charge in [0.05, 0.1) is 17.4 Å². The lowest BCUT2D eigenvalue weighted by molar-refractivity contribution is 0.508. The van der Waals surface area contributed by atoms with Crippen LogP contribution in [0.2, 0.25) is 0 Å². The Labute approximate surface area is 114 Å². The summed E-state index contributed by atoms with van der Waals surface area (Å²) in [5.74, 6) is 5.71. The van der Waals surface area contributed by atoms with E-state index in [1.54, 1.807) is 0 Å². The third kappa shape index (κ3) is 3.03. The number of nitrogens with zero attached hydrogens (tertiary/aromatic N) is 2. The van der Waals surface area contributed by atoms with Crippen LogP contribution in [0.25, 0.3) is 0 Å². The number of hydrogen-bond acceptors (Lipinski definition) is 3. The molecule has 19 heavy (non-hydrogen) atoms. The molecule has 0 saturated heterocycles. The molecule has 0 saturated carbocycles. The van der Waals surface area contributed by atoms with E-state index >= 15 is 0 Å². The Bertz CT molecular complexity index is 572. The first-order chi connectivity index (χ1) is 9.01. The Morgan fingerprint density at radius 2 is 1.95 bits per heavy atom. The van der Waals surface area contributed by atoms with Crippen LogP contribution in [-0.2, 0) is 13.5 Å². The Morgan fingerprint density at radius 1 is 1.21 bits per heavy atom. The minimum Gasteiger partial charge on any atom is -0.271 e. The molecule has 4 heteroatoms. The van der Waals surface area contributed by atoms with Gasteiger partial charge < -0.3 is 0 Å². The molecule has 0 aliphatic rings. The summed E-state index contributed by atoms with van der Waals surface area (Å²) in [4.78, 5) is 0. The van der Waals surface area contributed by atoms with E-state index in [-0.39, 0.29) is 6.04 Å². The van der Waals surface area contributed by atoms with Gasteiger partial charge in [-0.2, -0.15) is 5.10 Å². The summed E-state index contributed by atoms with van der Waals surface area (Å²) in [5, 5.41) is 4.37. The Morgan fingerprint density at radius 3 is 2.47 bits per heavy atom. The van der Waals surface area contributed by atoms with Crippen LogP contribution in [0.1, 0.15) is 34.1 Å². The third-order valence-electron chi connectivity index (χ3n) is 3.61. The fourth-order valence-corrected chi connectivity index (χ4v) is 2.37. The molecule has 1 heterocycles. The number of rotatable bonds is 4. The number of aromatic nitrogens is 2. The number of hydrogen-bond donors (Lipinski definition) is 2. The van der Waals surface area contributed by atoms with Gasteiger partial charge in [-0.3, -0.25) is 16.0 Å². The van der Waals surface area contributed by atoms with Crippen LogP contribution < -0.4 is 11.3 Å². The second-order valence-electron chi connectivity index (χ2n) is 5.18. The summed E-state index contributed by atoms with van der Waals surface area (Å²) in [6.45, 7) is 6.26. The van der Waals surface area contributed by atoms with Gasteiger partial charge >= 0.3 is 0 Å². The summed E-state index contributed by atoms with van der Waals surface area (Å²) in [5.41, 5.74) is 8.93. The largest absolute Gasteiger partial charge is 0.271 e. The molecule has 0 spiro atoms. The molecule has 0 bridgehead atoms. The van der Waals surface area contributed by atoms with Crippen molar-refractivity contribution in [2.45, 2.75) is 33.2 Å². The van der Waals surface area contributed by atoms with Gasteiger partial charge in [0, 0.05) is 7.05 Å². The number of aryl methyl sites for hydroxylation is 4. The number of benzene rings is 1. The lowest BCUT2D eigenvalue weighted by Gasteiger charge is -2.17. The molecule has 1 aromatic carbocycles. The fourth-order valence-electron chi connectivity index (χ4n) is 2.37. The Kier molecular flexibility index (Phi) is 4.02. The van der Waals surface area contributed by atoms with E-state index in [0.717, 1.165) is 17.8 Å². The van der Waals surface area contributed by atoms with E-state index < -0.39 is 0 Å². The highest BCUT2D eigenvalue weighted by molar-refractivity contribution is 5.31. The van der Waals surface area contributed by atoms with Gasteiger partial charge in [0.25, 0.3) is 0 Å². The van der Waals surface area contributed by atoms with Gasteiger partial charge in [-0.1, -0.05) is 18.2 Å². The zero-order valence-corrected chi connectivity index (χ0v) is 12.1. The molecular weight excluding hydrogens is 236 g/mol. The van der Waals surface area contributed by atoms with Crippen LogP contribution in [-0.4, -0.2) is 9.78 Å². The highest BCUT2D eigenvalue weighted by Gasteiger charge is 2.15. The molecule has 2 aromatic rings. The summed E-state index contributed by atoms with van der Waals surface area (Å²) < 4.78 is 1.89. The van der Waals surface area contributed by atoms with Gasteiger partial charge in [0.1, 0.15) is 0 Å². The van der Waals surface area contributed by atoms with E-state index in [1.807, 2.05) is 18.7 Å². The van der Waals surface area contributed by atoms with Crippen LogP contribution in [0.4, 0.5) is 0 Å². The zero-order valence-electron chi connectivity index (χ0n) is 12.1. The lowest BCUT2D eigenvalue weighted by atomic mass is 9.99. The van der Waals surface area contributed by atoms with Crippen molar-refractivity contribution < 1.29 is 0 Å². The number of nitrogens with two attached hydrogens (primary N) is 1. The quantitative estimate of drug-likeness (QED) is 0.652. The molecule has 102 valence electrons. The van der Waals surface area contributed by atoms with Gasteiger partial charge in [-0.05, 0) is 49.9 Å². The molecular formula is C15H22N4. The molecule has 0 aliphatic heterocycles. The van der Waals surface area contributed by atoms with E-state index in [4.69, 9.17) is 5.84 Å². The number of nitrogens with one attached hydrogen (secondary N) is 1. The van der Waals surface area contributed by atoms with Gasteiger partial charge in [0.15, 0.2) is 0 Å². The predicted molar refractivity (Wildman–Crippen MR) is 77.6 cm³/mol. The molecule has 1 atom stereocenters. The molecule has 0 fully saturated rings. The first-order valence-corrected chi connectivity index (χ1v) is 6.54. The molecule has 1 unspecified atom stereocenters. The van der Waals surface area contributed by atoms with E-state index in [0.29, 0.717) is 0 Å². The molecule has 4 nitrogen and oxygen atoms in total. The normalized spacial score (nSPS) is 12.7. The van der Waals surface area contributed by atoms with Crippen molar-refractivity contribution in [2.75, 3.05) is 0 Å². The van der Waals surface area contributed by atoms with E-state index in [2.05, 4.69) is 48.6 Å². The summed E-state index contributed by atoms with van der Waals surface area (Å²) in [7, 11) is 1.95. The highest BCUT2D eigenvalue weighted by Crippen LogP contribution is 2.20. The van der Waals surface area contributed by atoms with Crippen LogP contribution >= 0.6 is 0 Å². The van der Waals surface area contributed by atoms with Crippen molar-refractivity contribution in [3.05, 3.63) is 52.3 Å². The van der Waals surface area contributed by atoms with Crippen molar-refractivity contribution >= 4 is 0 Å². The zero-order chi connectivity index (χ0) is 14.0. The van der Waals surface area contributed by atoms with Crippen molar-refractivity contribution in [2.24, 2.45) is 12.9 Å². The smallest absolute Gasteiger partial charge is 0.0669 e. The van der Waals surface area contributed by atoms with Gasteiger partial charge in [-0.15, -0.1) is 0 Å². The Hall–Kier alpha value is -1.65. The third-order valence-corrected chi connectivity index (χ3v) is 3.61. The van der Waals surface area contributed by atoms with Crippen LogP contribution in [0.5, 0.6) is 0 Å². The average molecular weight is 258 g/mol. The summed E-state index contributed by atoms with van der Waals surface area (Å²) in [6.07, 6.45) is 0.858. The van der Waals surface area contributed by atoms with Crippen LogP contribution in [0.15, 0.2) is 24.3 Å². The van der Waals surface area contributed by atoms with Crippen molar-refractivity contribution in [3.8, 4) is 0 Å². The van der Waals surface area contributed by atoms with E-state index in [9.17, 15) is 0 Å². The Balaban J connectivity index is 2.23. The topological polar surface area (TPSA) is 55.9 Å². The maximum atomic E-state index is 5.71. The maximum Gasteiger partial charge on any atom is 0.0669 e. The number of hydrazine groups is 1. The van der Waals surface area contributed by atoms with Crippen molar-refractivity contribution in [1.82, 2.24) is 15.2 Å². The van der Waals surface area contributed by atoms with E-state index in [1.165, 1.54) is 16.7 Å². The summed E-state index contributed by atoms with van der Waals surface area (Å²) >= 11 is 0. The van der Waals surface area contributed by atoms with Gasteiger partial charge in [-0.25, -0.2) is 0 Å². The monoisotopic (exact) mass is 258 g/mol. The molecule has 1 aromatic heterocycles. The molecule has 0 amide bonds. The maximum absolute atomic E-state index is 5.71. The minimum absolute atomic E-state index is 0.0771. The fraction of sp³-hybridized carbons (Fsp3) is 0.400.